The number of anilines is 1. The highest BCUT2D eigenvalue weighted by atomic mass is 35.5. The second-order valence-electron chi connectivity index (χ2n) is 6.50. The summed E-state index contributed by atoms with van der Waals surface area (Å²) in [5, 5.41) is 10.4. The van der Waals surface area contributed by atoms with Gasteiger partial charge in [0, 0.05) is 36.9 Å². The average Bonchev–Trinajstić information content (AvgIpc) is 2.63. The number of rotatable bonds is 5. The van der Waals surface area contributed by atoms with Crippen LogP contribution in [-0.2, 0) is 11.2 Å². The molecular weight excluding hydrogens is 336 g/mol. The van der Waals surface area contributed by atoms with Gasteiger partial charge in [-0.05, 0) is 42.7 Å². The SMILES string of the molecule is Cc1ccc(CC(C(=O)O)N2CCN(c3ccccc3)CC2)cc1Cl. The van der Waals surface area contributed by atoms with Gasteiger partial charge in [-0.3, -0.25) is 9.69 Å². The molecule has 0 aliphatic carbocycles. The van der Waals surface area contributed by atoms with E-state index in [2.05, 4.69) is 21.9 Å². The maximum atomic E-state index is 11.8. The van der Waals surface area contributed by atoms with E-state index >= 15 is 0 Å². The zero-order chi connectivity index (χ0) is 17.8. The van der Waals surface area contributed by atoms with Crippen LogP contribution in [-0.4, -0.2) is 48.2 Å². The summed E-state index contributed by atoms with van der Waals surface area (Å²) < 4.78 is 0. The Hall–Kier alpha value is -2.04. The minimum atomic E-state index is -0.773. The first-order chi connectivity index (χ1) is 12.0. The third-order valence-corrected chi connectivity index (χ3v) is 5.23. The average molecular weight is 359 g/mol. The molecule has 4 nitrogen and oxygen atoms in total. The smallest absolute Gasteiger partial charge is 0.321 e. The molecule has 1 heterocycles. The standard InChI is InChI=1S/C20H23ClN2O2/c1-15-7-8-16(13-18(15)21)14-19(20(24)25)23-11-9-22(10-12-23)17-5-3-2-4-6-17/h2-8,13,19H,9-12,14H2,1H3,(H,24,25). The summed E-state index contributed by atoms with van der Waals surface area (Å²) in [6.07, 6.45) is 0.473. The van der Waals surface area contributed by atoms with Gasteiger partial charge in [0.2, 0.25) is 0 Å². The van der Waals surface area contributed by atoms with E-state index in [1.54, 1.807) is 0 Å². The lowest BCUT2D eigenvalue weighted by atomic mass is 10.0. The highest BCUT2D eigenvalue weighted by Gasteiger charge is 2.29. The number of aryl methyl sites for hydroxylation is 1. The number of carbonyl (C=O) groups is 1. The van der Waals surface area contributed by atoms with Gasteiger partial charge in [-0.2, -0.15) is 0 Å². The Morgan fingerprint density at radius 3 is 2.40 bits per heavy atom. The Morgan fingerprint density at radius 2 is 1.80 bits per heavy atom. The van der Waals surface area contributed by atoms with Gasteiger partial charge in [0.25, 0.3) is 0 Å². The first-order valence-corrected chi connectivity index (χ1v) is 8.94. The molecule has 3 rings (SSSR count). The number of aliphatic carboxylic acids is 1. The van der Waals surface area contributed by atoms with E-state index in [9.17, 15) is 9.90 Å². The largest absolute Gasteiger partial charge is 0.480 e. The minimum Gasteiger partial charge on any atom is -0.480 e. The molecule has 2 aromatic rings. The number of para-hydroxylation sites is 1. The third-order valence-electron chi connectivity index (χ3n) is 4.83. The number of benzene rings is 2. The van der Waals surface area contributed by atoms with Crippen LogP contribution >= 0.6 is 11.6 Å². The molecule has 1 unspecified atom stereocenters. The molecule has 0 spiro atoms. The maximum absolute atomic E-state index is 11.8. The Balaban J connectivity index is 1.66. The third kappa shape index (κ3) is 4.33. The molecule has 1 fully saturated rings. The van der Waals surface area contributed by atoms with Crippen molar-refractivity contribution in [3.8, 4) is 0 Å². The lowest BCUT2D eigenvalue weighted by Gasteiger charge is -2.38. The minimum absolute atomic E-state index is 0.473. The molecule has 0 saturated carbocycles. The molecule has 1 saturated heterocycles. The van der Waals surface area contributed by atoms with Crippen molar-refractivity contribution in [1.29, 1.82) is 0 Å². The van der Waals surface area contributed by atoms with Gasteiger partial charge in [0.15, 0.2) is 0 Å². The van der Waals surface area contributed by atoms with E-state index in [-0.39, 0.29) is 0 Å². The maximum Gasteiger partial charge on any atom is 0.321 e. The Bertz CT molecular complexity index is 728. The van der Waals surface area contributed by atoms with E-state index in [1.807, 2.05) is 43.3 Å². The molecule has 2 aromatic carbocycles. The van der Waals surface area contributed by atoms with Gasteiger partial charge < -0.3 is 10.0 Å². The van der Waals surface area contributed by atoms with E-state index in [0.29, 0.717) is 11.4 Å². The van der Waals surface area contributed by atoms with E-state index in [1.165, 1.54) is 5.69 Å². The number of hydrogen-bond acceptors (Lipinski definition) is 3. The van der Waals surface area contributed by atoms with Crippen LogP contribution in [0.2, 0.25) is 5.02 Å². The summed E-state index contributed by atoms with van der Waals surface area (Å²) in [6, 6.07) is 15.5. The number of piperazine rings is 1. The van der Waals surface area contributed by atoms with Crippen LogP contribution in [0.4, 0.5) is 5.69 Å². The van der Waals surface area contributed by atoms with Crippen molar-refractivity contribution >= 4 is 23.3 Å². The highest BCUT2D eigenvalue weighted by molar-refractivity contribution is 6.31. The van der Waals surface area contributed by atoms with E-state index in [0.717, 1.165) is 37.3 Å². The zero-order valence-electron chi connectivity index (χ0n) is 14.4. The van der Waals surface area contributed by atoms with Crippen molar-refractivity contribution in [3.05, 3.63) is 64.7 Å². The molecule has 132 valence electrons. The summed E-state index contributed by atoms with van der Waals surface area (Å²) in [4.78, 5) is 16.2. The predicted molar refractivity (Wildman–Crippen MR) is 102 cm³/mol. The van der Waals surface area contributed by atoms with Gasteiger partial charge in [0.05, 0.1) is 0 Å². The second-order valence-corrected chi connectivity index (χ2v) is 6.91. The lowest BCUT2D eigenvalue weighted by molar-refractivity contribution is -0.143. The summed E-state index contributed by atoms with van der Waals surface area (Å²) in [5.74, 6) is -0.773. The van der Waals surface area contributed by atoms with Crippen molar-refractivity contribution in [3.63, 3.8) is 0 Å². The molecule has 1 aliphatic rings. The van der Waals surface area contributed by atoms with Crippen molar-refractivity contribution in [2.24, 2.45) is 0 Å². The van der Waals surface area contributed by atoms with Gasteiger partial charge in [-0.25, -0.2) is 0 Å². The van der Waals surface area contributed by atoms with Crippen LogP contribution in [0, 0.1) is 6.92 Å². The molecule has 1 atom stereocenters. The van der Waals surface area contributed by atoms with Crippen molar-refractivity contribution < 1.29 is 9.90 Å². The fourth-order valence-electron chi connectivity index (χ4n) is 3.29. The number of carboxylic acids is 1. The van der Waals surface area contributed by atoms with Gasteiger partial charge in [-0.15, -0.1) is 0 Å². The lowest BCUT2D eigenvalue weighted by Crippen LogP contribution is -2.53. The summed E-state index contributed by atoms with van der Waals surface area (Å²) in [7, 11) is 0. The van der Waals surface area contributed by atoms with Crippen LogP contribution < -0.4 is 4.90 Å². The van der Waals surface area contributed by atoms with Crippen LogP contribution in [0.3, 0.4) is 0 Å². The Kier molecular flexibility index (Phi) is 5.61. The molecule has 5 heteroatoms. The van der Waals surface area contributed by atoms with Crippen molar-refractivity contribution in [2.75, 3.05) is 31.1 Å². The van der Waals surface area contributed by atoms with E-state index in [4.69, 9.17) is 11.6 Å². The van der Waals surface area contributed by atoms with Crippen LogP contribution in [0.15, 0.2) is 48.5 Å². The molecule has 0 amide bonds. The van der Waals surface area contributed by atoms with Crippen LogP contribution in [0.25, 0.3) is 0 Å². The van der Waals surface area contributed by atoms with Crippen molar-refractivity contribution in [1.82, 2.24) is 4.90 Å². The summed E-state index contributed by atoms with van der Waals surface area (Å²) in [5.41, 5.74) is 3.17. The second kappa shape index (κ2) is 7.89. The summed E-state index contributed by atoms with van der Waals surface area (Å²) in [6.45, 7) is 5.10. The fourth-order valence-corrected chi connectivity index (χ4v) is 3.49. The Morgan fingerprint density at radius 1 is 1.12 bits per heavy atom. The predicted octanol–water partition coefficient (Wildman–Crippen LogP) is 3.47. The number of halogens is 1. The molecular formula is C20H23ClN2O2. The topological polar surface area (TPSA) is 43.8 Å². The molecule has 25 heavy (non-hydrogen) atoms. The zero-order valence-corrected chi connectivity index (χ0v) is 15.1. The van der Waals surface area contributed by atoms with Gasteiger partial charge >= 0.3 is 5.97 Å². The van der Waals surface area contributed by atoms with Gasteiger partial charge in [0.1, 0.15) is 6.04 Å². The highest BCUT2D eigenvalue weighted by Crippen LogP contribution is 2.21. The van der Waals surface area contributed by atoms with Crippen LogP contribution in [0.1, 0.15) is 11.1 Å². The summed E-state index contributed by atoms with van der Waals surface area (Å²) >= 11 is 6.18. The number of carboxylic acid groups (broad SMARTS) is 1. The normalized spacial score (nSPS) is 16.6. The fraction of sp³-hybridized carbons (Fsp3) is 0.350. The quantitative estimate of drug-likeness (QED) is 0.888. The molecule has 0 aromatic heterocycles. The molecule has 1 aliphatic heterocycles. The molecule has 0 bridgehead atoms. The van der Waals surface area contributed by atoms with Gasteiger partial charge in [-0.1, -0.05) is 41.9 Å². The number of nitrogens with zero attached hydrogens (tertiary/aromatic N) is 2. The molecule has 0 radical (unpaired) electrons. The first-order valence-electron chi connectivity index (χ1n) is 8.56. The van der Waals surface area contributed by atoms with Crippen molar-refractivity contribution in [2.45, 2.75) is 19.4 Å². The monoisotopic (exact) mass is 358 g/mol. The van der Waals surface area contributed by atoms with Crippen LogP contribution in [0.5, 0.6) is 0 Å². The molecule has 1 N–H and O–H groups in total. The van der Waals surface area contributed by atoms with E-state index < -0.39 is 12.0 Å². The number of hydrogen-bond donors (Lipinski definition) is 1. The Labute approximate surface area is 153 Å². The first kappa shape index (κ1) is 17.8.